The first-order valence-corrected chi connectivity index (χ1v) is 15.3. The summed E-state index contributed by atoms with van der Waals surface area (Å²) in [7, 11) is 1.22. The highest BCUT2D eigenvalue weighted by Gasteiger charge is 2.56. The van der Waals surface area contributed by atoms with Gasteiger partial charge in [0, 0.05) is 14.0 Å². The number of hydrogen-bond donors (Lipinski definition) is 12. The predicted molar refractivity (Wildman–Crippen MR) is 149 cm³/mol. The van der Waals surface area contributed by atoms with E-state index in [1.54, 1.807) is 0 Å². The SMILES string of the molecule is CO[C@H]1O[C@H](CO)[C@H](O)[C@H](O[C@@H]2O[C@H](CO)[C@H](O)[C@H](O[C@H]3O[C@H](CO)[C@H](O)[C@H](O)[C@H]3O)[C@H]2O[C@@H]2O[C@@H](C)[C@@H](O)[C@@H](O)[C@@H]2O)[C@H]1NC(C)=O. The van der Waals surface area contributed by atoms with E-state index in [9.17, 15) is 61.0 Å². The lowest BCUT2D eigenvalue weighted by Gasteiger charge is -2.51. The van der Waals surface area contributed by atoms with Gasteiger partial charge in [-0.25, -0.2) is 0 Å². The zero-order valence-corrected chi connectivity index (χ0v) is 26.3. The molecule has 0 aromatic carbocycles. The lowest BCUT2D eigenvalue weighted by molar-refractivity contribution is -0.401. The molecule has 0 spiro atoms. The van der Waals surface area contributed by atoms with E-state index in [4.69, 9.17) is 37.9 Å². The summed E-state index contributed by atoms with van der Waals surface area (Å²) in [5.74, 6) is -0.612. The van der Waals surface area contributed by atoms with Crippen LogP contribution >= 0.6 is 0 Å². The number of nitrogens with one attached hydrogen (secondary N) is 1. The fourth-order valence-corrected chi connectivity index (χ4v) is 6.04. The molecule has 20 atom stereocenters. The number of ether oxygens (including phenoxy) is 8. The quantitative estimate of drug-likeness (QED) is 0.0949. The molecule has 0 radical (unpaired) electrons. The van der Waals surface area contributed by atoms with E-state index in [1.165, 1.54) is 14.0 Å². The van der Waals surface area contributed by atoms with Gasteiger partial charge in [-0.05, 0) is 6.92 Å². The zero-order chi connectivity index (χ0) is 35.6. The van der Waals surface area contributed by atoms with E-state index in [2.05, 4.69) is 5.32 Å². The van der Waals surface area contributed by atoms with Crippen molar-refractivity contribution in [3.8, 4) is 0 Å². The van der Waals surface area contributed by atoms with Crippen LogP contribution in [0.4, 0.5) is 0 Å². The summed E-state index contributed by atoms with van der Waals surface area (Å²) in [6, 6.07) is -1.28. The van der Waals surface area contributed by atoms with Crippen LogP contribution in [0.5, 0.6) is 0 Å². The molecular formula is C27H47NO20. The van der Waals surface area contributed by atoms with Crippen LogP contribution in [0.3, 0.4) is 0 Å². The monoisotopic (exact) mass is 705 g/mol. The molecule has 280 valence electrons. The minimum absolute atomic E-state index is 0.612. The van der Waals surface area contributed by atoms with Crippen LogP contribution in [0.15, 0.2) is 0 Å². The van der Waals surface area contributed by atoms with E-state index in [-0.39, 0.29) is 0 Å². The molecule has 0 unspecified atom stereocenters. The van der Waals surface area contributed by atoms with Crippen LogP contribution in [-0.2, 0) is 42.7 Å². The molecule has 0 saturated carbocycles. The van der Waals surface area contributed by atoms with Crippen molar-refractivity contribution in [2.24, 2.45) is 0 Å². The van der Waals surface area contributed by atoms with Gasteiger partial charge in [0.15, 0.2) is 25.2 Å². The maximum Gasteiger partial charge on any atom is 0.217 e. The average molecular weight is 706 g/mol. The first-order chi connectivity index (χ1) is 22.7. The fraction of sp³-hybridized carbons (Fsp3) is 0.963. The molecule has 12 N–H and O–H groups in total. The Kier molecular flexibility index (Phi) is 13.8. The van der Waals surface area contributed by atoms with Gasteiger partial charge in [-0.15, -0.1) is 0 Å². The third-order valence-electron chi connectivity index (χ3n) is 8.78. The van der Waals surface area contributed by atoms with Crippen molar-refractivity contribution in [2.45, 2.75) is 137 Å². The van der Waals surface area contributed by atoms with Gasteiger partial charge < -0.3 is 99.4 Å². The molecule has 0 aromatic heterocycles. The zero-order valence-electron chi connectivity index (χ0n) is 26.3. The minimum atomic E-state index is -1.98. The Balaban J connectivity index is 1.74. The molecule has 48 heavy (non-hydrogen) atoms. The topological polar surface area (TPSA) is 325 Å². The number of aliphatic hydroxyl groups excluding tert-OH is 11. The van der Waals surface area contributed by atoms with E-state index >= 15 is 0 Å². The second kappa shape index (κ2) is 16.8. The summed E-state index contributed by atoms with van der Waals surface area (Å²) in [6.07, 6.45) is -32.0. The second-order valence-electron chi connectivity index (χ2n) is 12.1. The van der Waals surface area contributed by atoms with Gasteiger partial charge in [-0.3, -0.25) is 4.79 Å². The maximum atomic E-state index is 12.1. The van der Waals surface area contributed by atoms with Gasteiger partial charge in [0.1, 0.15) is 91.5 Å². The summed E-state index contributed by atoms with van der Waals surface area (Å²) in [4.78, 5) is 12.1. The summed E-state index contributed by atoms with van der Waals surface area (Å²) < 4.78 is 45.6. The normalized spacial score (nSPS) is 50.2. The van der Waals surface area contributed by atoms with E-state index in [0.29, 0.717) is 0 Å². The maximum absolute atomic E-state index is 12.1. The summed E-state index contributed by atoms with van der Waals surface area (Å²) in [6.45, 7) is 0.0580. The molecule has 21 heteroatoms. The smallest absolute Gasteiger partial charge is 0.217 e. The number of amides is 1. The first-order valence-electron chi connectivity index (χ1n) is 15.3. The Bertz CT molecular complexity index is 1030. The summed E-state index contributed by atoms with van der Waals surface area (Å²) in [5, 5.41) is 117. The van der Waals surface area contributed by atoms with Gasteiger partial charge in [-0.1, -0.05) is 0 Å². The van der Waals surface area contributed by atoms with Crippen LogP contribution < -0.4 is 5.32 Å². The van der Waals surface area contributed by atoms with Gasteiger partial charge in [0.25, 0.3) is 0 Å². The molecule has 0 aliphatic carbocycles. The first kappa shape index (κ1) is 39.5. The van der Waals surface area contributed by atoms with Crippen LogP contribution in [0.1, 0.15) is 13.8 Å². The molecule has 4 aliphatic rings. The van der Waals surface area contributed by atoms with Gasteiger partial charge in [0.05, 0.1) is 25.9 Å². The van der Waals surface area contributed by atoms with Crippen molar-refractivity contribution in [1.82, 2.24) is 5.32 Å². The fourth-order valence-electron chi connectivity index (χ4n) is 6.04. The number of hydrogen-bond acceptors (Lipinski definition) is 20. The molecule has 4 fully saturated rings. The van der Waals surface area contributed by atoms with Crippen LogP contribution in [0, 0.1) is 0 Å². The van der Waals surface area contributed by atoms with Crippen LogP contribution in [-0.4, -0.2) is 212 Å². The lowest BCUT2D eigenvalue weighted by atomic mass is 9.94. The van der Waals surface area contributed by atoms with Gasteiger partial charge >= 0.3 is 0 Å². The Hall–Kier alpha value is -1.29. The van der Waals surface area contributed by atoms with Crippen molar-refractivity contribution in [1.29, 1.82) is 0 Å². The molecule has 4 aliphatic heterocycles. The van der Waals surface area contributed by atoms with Gasteiger partial charge in [-0.2, -0.15) is 0 Å². The van der Waals surface area contributed by atoms with Crippen molar-refractivity contribution in [2.75, 3.05) is 26.9 Å². The molecule has 0 aromatic rings. The summed E-state index contributed by atoms with van der Waals surface area (Å²) in [5.41, 5.74) is 0. The number of carbonyl (C=O) groups is 1. The van der Waals surface area contributed by atoms with E-state index in [0.717, 1.165) is 6.92 Å². The number of rotatable bonds is 11. The molecule has 4 heterocycles. The predicted octanol–water partition coefficient (Wildman–Crippen LogP) is -7.92. The van der Waals surface area contributed by atoms with Crippen molar-refractivity contribution in [3.05, 3.63) is 0 Å². The Labute approximate surface area is 274 Å². The highest BCUT2D eigenvalue weighted by atomic mass is 16.8. The lowest BCUT2D eigenvalue weighted by Crippen LogP contribution is -2.70. The highest BCUT2D eigenvalue weighted by Crippen LogP contribution is 2.36. The number of methoxy groups -OCH3 is 1. The Morgan fingerprint density at radius 2 is 1.00 bits per heavy atom. The molecule has 0 bridgehead atoms. The Morgan fingerprint density at radius 1 is 0.562 bits per heavy atom. The van der Waals surface area contributed by atoms with E-state index in [1.807, 2.05) is 0 Å². The second-order valence-corrected chi connectivity index (χ2v) is 12.1. The van der Waals surface area contributed by atoms with Crippen molar-refractivity contribution >= 4 is 5.91 Å². The van der Waals surface area contributed by atoms with Gasteiger partial charge in [0.2, 0.25) is 5.91 Å². The third-order valence-corrected chi connectivity index (χ3v) is 8.78. The number of carbonyl (C=O) groups excluding carboxylic acids is 1. The number of aliphatic hydroxyl groups is 11. The average Bonchev–Trinajstić information content (AvgIpc) is 3.06. The minimum Gasteiger partial charge on any atom is -0.394 e. The van der Waals surface area contributed by atoms with Crippen molar-refractivity contribution < 1.29 is 98.9 Å². The molecule has 4 saturated heterocycles. The largest absolute Gasteiger partial charge is 0.394 e. The molecule has 21 nitrogen and oxygen atoms in total. The third kappa shape index (κ3) is 8.10. The Morgan fingerprint density at radius 3 is 1.54 bits per heavy atom. The molecular weight excluding hydrogens is 658 g/mol. The molecule has 1 amide bonds. The summed E-state index contributed by atoms with van der Waals surface area (Å²) >= 11 is 0. The molecule has 4 rings (SSSR count). The highest BCUT2D eigenvalue weighted by molar-refractivity contribution is 5.73. The van der Waals surface area contributed by atoms with Crippen molar-refractivity contribution in [3.63, 3.8) is 0 Å². The van der Waals surface area contributed by atoms with Crippen LogP contribution in [0.2, 0.25) is 0 Å². The van der Waals surface area contributed by atoms with Crippen LogP contribution in [0.25, 0.3) is 0 Å². The standard InChI is InChI=1S/C27H47NO20/c1-7-13(33)17(37)19(39)25(42-7)48-23-22(47-26-20(40)18(38)14(34)9(4-29)44-26)16(36)11(6-31)45-27(23)46-21-12(28-8(2)32)24(41-3)43-10(5-30)15(21)35/h7,9-27,29-31,33-40H,4-6H2,1-3H3,(H,28,32)/t7-,9+,10+,11+,12+,13+,14-,15-,16-,17+,18-,19-,20+,21+,22-,23+,24-,25-,26+,27-/m0/s1. The van der Waals surface area contributed by atoms with E-state index < -0.39 is 148 Å².